The molecule has 1 aromatic rings. The van der Waals surface area contributed by atoms with Crippen LogP contribution in [0.5, 0.6) is 0 Å². The third-order valence-electron chi connectivity index (χ3n) is 2.52. The number of aromatic nitrogens is 2. The van der Waals surface area contributed by atoms with Crippen molar-refractivity contribution in [1.29, 1.82) is 0 Å². The molecule has 0 saturated heterocycles. The molecule has 1 aromatic heterocycles. The van der Waals surface area contributed by atoms with Crippen LogP contribution < -0.4 is 16.0 Å². The van der Waals surface area contributed by atoms with Gasteiger partial charge in [0.25, 0.3) is 0 Å². The van der Waals surface area contributed by atoms with Crippen LogP contribution >= 0.6 is 0 Å². The number of nitrogens with zero attached hydrogens (tertiary/aromatic N) is 2. The van der Waals surface area contributed by atoms with Crippen molar-refractivity contribution in [3.8, 4) is 0 Å². The zero-order valence-electron chi connectivity index (χ0n) is 11.8. The van der Waals surface area contributed by atoms with Crippen LogP contribution in [-0.4, -0.2) is 40.5 Å². The van der Waals surface area contributed by atoms with E-state index in [-0.39, 0.29) is 12.5 Å². The van der Waals surface area contributed by atoms with Gasteiger partial charge in [0.05, 0.1) is 12.7 Å². The van der Waals surface area contributed by atoms with Crippen molar-refractivity contribution in [2.45, 2.75) is 32.9 Å². The van der Waals surface area contributed by atoms with E-state index in [1.807, 2.05) is 0 Å². The van der Waals surface area contributed by atoms with Gasteiger partial charge in [-0.1, -0.05) is 0 Å². The summed E-state index contributed by atoms with van der Waals surface area (Å²) in [6, 6.07) is 0. The predicted octanol–water partition coefficient (Wildman–Crippen LogP) is 0.772. The fourth-order valence-electron chi connectivity index (χ4n) is 1.77. The molecule has 1 aliphatic rings. The first-order valence-corrected chi connectivity index (χ1v) is 6.41. The zero-order chi connectivity index (χ0) is 14.8. The lowest BCUT2D eigenvalue weighted by molar-refractivity contribution is -0.115. The van der Waals surface area contributed by atoms with E-state index in [2.05, 4.69) is 21.0 Å². The standard InChI is InChI=1S/C12H19N5O3/c1-12(2,3)20-11(19)14-7-9(18)16-8-6-15-17-5-4-13-10(8)17/h6,13H,4-5,7H2,1-3H3,(H,14,19)(H,16,18). The Bertz CT molecular complexity index is 518. The van der Waals surface area contributed by atoms with E-state index < -0.39 is 11.7 Å². The Morgan fingerprint density at radius 2 is 2.25 bits per heavy atom. The maximum absolute atomic E-state index is 11.7. The summed E-state index contributed by atoms with van der Waals surface area (Å²) in [5.41, 5.74) is 0.0239. The molecule has 1 aliphatic heterocycles. The van der Waals surface area contributed by atoms with Crippen LogP contribution in [-0.2, 0) is 16.1 Å². The highest BCUT2D eigenvalue weighted by molar-refractivity contribution is 5.96. The molecule has 2 heterocycles. The summed E-state index contributed by atoms with van der Waals surface area (Å²) >= 11 is 0. The second-order valence-corrected chi connectivity index (χ2v) is 5.46. The maximum atomic E-state index is 11.7. The highest BCUT2D eigenvalue weighted by Gasteiger charge is 2.19. The molecule has 0 spiro atoms. The summed E-state index contributed by atoms with van der Waals surface area (Å²) in [6.07, 6.45) is 0.957. The Morgan fingerprint density at radius 3 is 2.95 bits per heavy atom. The topological polar surface area (TPSA) is 97.3 Å². The van der Waals surface area contributed by atoms with Crippen molar-refractivity contribution >= 4 is 23.5 Å². The zero-order valence-corrected chi connectivity index (χ0v) is 11.8. The molecule has 8 nitrogen and oxygen atoms in total. The van der Waals surface area contributed by atoms with Crippen LogP contribution in [0.25, 0.3) is 0 Å². The smallest absolute Gasteiger partial charge is 0.408 e. The van der Waals surface area contributed by atoms with E-state index in [0.29, 0.717) is 5.69 Å². The molecule has 0 bridgehead atoms. The number of carbonyl (C=O) groups is 2. The summed E-state index contributed by atoms with van der Waals surface area (Å²) in [7, 11) is 0. The minimum absolute atomic E-state index is 0.153. The number of carbonyl (C=O) groups excluding carboxylic acids is 2. The van der Waals surface area contributed by atoms with E-state index in [1.165, 1.54) is 0 Å². The van der Waals surface area contributed by atoms with Gasteiger partial charge in [-0.15, -0.1) is 0 Å². The summed E-state index contributed by atoms with van der Waals surface area (Å²) in [5.74, 6) is 0.455. The van der Waals surface area contributed by atoms with Crippen LogP contribution in [0.15, 0.2) is 6.20 Å². The molecule has 0 radical (unpaired) electrons. The summed E-state index contributed by atoms with van der Waals surface area (Å²) in [5, 5.41) is 12.3. The summed E-state index contributed by atoms with van der Waals surface area (Å²) < 4.78 is 6.81. The second kappa shape index (κ2) is 5.40. The summed E-state index contributed by atoms with van der Waals surface area (Å²) in [6.45, 7) is 6.69. The van der Waals surface area contributed by atoms with Crippen molar-refractivity contribution in [2.75, 3.05) is 23.7 Å². The van der Waals surface area contributed by atoms with E-state index in [0.717, 1.165) is 18.9 Å². The largest absolute Gasteiger partial charge is 0.444 e. The van der Waals surface area contributed by atoms with Gasteiger partial charge in [-0.05, 0) is 20.8 Å². The fourth-order valence-corrected chi connectivity index (χ4v) is 1.77. The van der Waals surface area contributed by atoms with Gasteiger partial charge in [-0.2, -0.15) is 5.10 Å². The first kappa shape index (κ1) is 14.2. The molecule has 8 heteroatoms. The Kier molecular flexibility index (Phi) is 3.82. The lowest BCUT2D eigenvalue weighted by atomic mass is 10.2. The van der Waals surface area contributed by atoms with E-state index in [4.69, 9.17) is 4.74 Å². The van der Waals surface area contributed by atoms with Gasteiger partial charge >= 0.3 is 6.09 Å². The molecule has 0 aliphatic carbocycles. The fraction of sp³-hybridized carbons (Fsp3) is 0.583. The van der Waals surface area contributed by atoms with Crippen molar-refractivity contribution in [1.82, 2.24) is 15.1 Å². The first-order chi connectivity index (χ1) is 9.35. The molecule has 0 unspecified atom stereocenters. The molecule has 0 saturated carbocycles. The minimum atomic E-state index is -0.619. The monoisotopic (exact) mass is 281 g/mol. The van der Waals surface area contributed by atoms with Crippen molar-refractivity contribution in [3.63, 3.8) is 0 Å². The van der Waals surface area contributed by atoms with Crippen molar-refractivity contribution in [3.05, 3.63) is 6.20 Å². The third kappa shape index (κ3) is 3.62. The molecular formula is C12H19N5O3. The Hall–Kier alpha value is -2.25. The number of anilines is 2. The average molecular weight is 281 g/mol. The minimum Gasteiger partial charge on any atom is -0.444 e. The number of nitrogens with one attached hydrogen (secondary N) is 3. The second-order valence-electron chi connectivity index (χ2n) is 5.46. The van der Waals surface area contributed by atoms with Gasteiger partial charge in [0, 0.05) is 6.54 Å². The normalized spacial score (nSPS) is 13.3. The van der Waals surface area contributed by atoms with Crippen LogP contribution in [0, 0.1) is 0 Å². The van der Waals surface area contributed by atoms with Crippen LogP contribution in [0.2, 0.25) is 0 Å². The molecule has 110 valence electrons. The average Bonchev–Trinajstić information content (AvgIpc) is 2.89. The first-order valence-electron chi connectivity index (χ1n) is 6.41. The summed E-state index contributed by atoms with van der Waals surface area (Å²) in [4.78, 5) is 23.1. The van der Waals surface area contributed by atoms with Gasteiger partial charge in [0.2, 0.25) is 5.91 Å². The van der Waals surface area contributed by atoms with Gasteiger partial charge in [-0.3, -0.25) is 4.79 Å². The lowest BCUT2D eigenvalue weighted by Gasteiger charge is -2.19. The van der Waals surface area contributed by atoms with E-state index in [9.17, 15) is 9.59 Å². The third-order valence-corrected chi connectivity index (χ3v) is 2.52. The molecule has 20 heavy (non-hydrogen) atoms. The molecule has 2 amide bonds. The quantitative estimate of drug-likeness (QED) is 0.760. The predicted molar refractivity (Wildman–Crippen MR) is 73.6 cm³/mol. The Labute approximate surface area is 116 Å². The number of hydrogen-bond donors (Lipinski definition) is 3. The van der Waals surface area contributed by atoms with Crippen LogP contribution in [0.3, 0.4) is 0 Å². The molecule has 2 rings (SSSR count). The number of ether oxygens (including phenoxy) is 1. The van der Waals surface area contributed by atoms with E-state index in [1.54, 1.807) is 31.6 Å². The highest BCUT2D eigenvalue weighted by Crippen LogP contribution is 2.24. The lowest BCUT2D eigenvalue weighted by Crippen LogP contribution is -2.37. The Balaban J connectivity index is 1.80. The molecule has 3 N–H and O–H groups in total. The van der Waals surface area contributed by atoms with Gasteiger partial charge in [0.1, 0.15) is 23.7 Å². The number of fused-ring (bicyclic) bond motifs is 1. The molecule has 0 fully saturated rings. The molecule has 0 aromatic carbocycles. The number of alkyl carbamates (subject to hydrolysis) is 1. The van der Waals surface area contributed by atoms with Crippen LogP contribution in [0.4, 0.5) is 16.3 Å². The van der Waals surface area contributed by atoms with Gasteiger partial charge in [0.15, 0.2) is 0 Å². The van der Waals surface area contributed by atoms with Gasteiger partial charge < -0.3 is 20.7 Å². The van der Waals surface area contributed by atoms with Crippen LogP contribution in [0.1, 0.15) is 20.8 Å². The number of amides is 2. The number of hydrogen-bond acceptors (Lipinski definition) is 5. The Morgan fingerprint density at radius 1 is 1.50 bits per heavy atom. The van der Waals surface area contributed by atoms with Crippen molar-refractivity contribution < 1.29 is 14.3 Å². The van der Waals surface area contributed by atoms with Crippen molar-refractivity contribution in [2.24, 2.45) is 0 Å². The van der Waals surface area contributed by atoms with Gasteiger partial charge in [-0.25, -0.2) is 9.48 Å². The molecular weight excluding hydrogens is 262 g/mol. The maximum Gasteiger partial charge on any atom is 0.408 e. The SMILES string of the molecule is CC(C)(C)OC(=O)NCC(=O)Nc1cnn2c1NCC2. The highest BCUT2D eigenvalue weighted by atomic mass is 16.6. The van der Waals surface area contributed by atoms with E-state index >= 15 is 0 Å². The number of rotatable bonds is 3. The molecule has 0 atom stereocenters.